The number of ether oxygens (including phenoxy) is 1. The minimum absolute atomic E-state index is 0.0367. The lowest BCUT2D eigenvalue weighted by Crippen LogP contribution is -2.63. The quantitative estimate of drug-likeness (QED) is 0.847. The number of hydroxylamine groups is 2. The molecule has 0 aromatic heterocycles. The number of likely N-dealkylation sites (tertiary alicyclic amines) is 1. The number of benzene rings is 2. The van der Waals surface area contributed by atoms with Gasteiger partial charge in [-0.2, -0.15) is 0 Å². The molecule has 0 bridgehead atoms. The summed E-state index contributed by atoms with van der Waals surface area (Å²) in [5, 5.41) is 1.42. The number of hydrogen-bond acceptors (Lipinski definition) is 4. The molecule has 134 valence electrons. The predicted molar refractivity (Wildman–Crippen MR) is 94.3 cm³/mol. The predicted octanol–water partition coefficient (Wildman–Crippen LogP) is 2.25. The molecule has 0 aliphatic carbocycles. The lowest BCUT2D eigenvalue weighted by Gasteiger charge is -2.45. The van der Waals surface area contributed by atoms with Crippen molar-refractivity contribution in [2.45, 2.75) is 18.6 Å². The van der Waals surface area contributed by atoms with Crippen molar-refractivity contribution in [3.8, 4) is 5.75 Å². The highest BCUT2D eigenvalue weighted by atomic mass is 16.7. The van der Waals surface area contributed by atoms with Crippen LogP contribution in [-0.4, -0.2) is 47.6 Å². The number of nitrogens with zero attached hydrogens (tertiary/aromatic N) is 2. The van der Waals surface area contributed by atoms with Gasteiger partial charge in [0.15, 0.2) is 0 Å². The molecule has 0 unspecified atom stereocenters. The Balaban J connectivity index is 1.37. The molecule has 2 aliphatic rings. The third-order valence-electron chi connectivity index (χ3n) is 4.81. The van der Waals surface area contributed by atoms with Crippen LogP contribution < -0.4 is 4.74 Å². The first-order valence-corrected chi connectivity index (χ1v) is 8.55. The highest BCUT2D eigenvalue weighted by Gasteiger charge is 2.54. The molecule has 2 fully saturated rings. The van der Waals surface area contributed by atoms with Crippen LogP contribution in [-0.2, 0) is 16.2 Å². The van der Waals surface area contributed by atoms with Gasteiger partial charge in [-0.05, 0) is 29.8 Å². The van der Waals surface area contributed by atoms with Crippen LogP contribution in [0, 0.1) is 0 Å². The van der Waals surface area contributed by atoms with E-state index in [0.717, 1.165) is 5.56 Å². The van der Waals surface area contributed by atoms with Crippen molar-refractivity contribution in [3.63, 3.8) is 0 Å². The van der Waals surface area contributed by atoms with Crippen molar-refractivity contribution in [2.75, 3.05) is 20.2 Å². The van der Waals surface area contributed by atoms with Gasteiger partial charge in [0.2, 0.25) is 5.91 Å². The second-order valence-corrected chi connectivity index (χ2v) is 6.76. The molecule has 6 nitrogen and oxygen atoms in total. The standard InChI is InChI=1S/C20H20N2O4/c1-25-17-9-7-16(8-10-17)19(24)21-13-20(14-21)11-18(23)22(26-20)12-15-5-3-2-4-6-15/h2-10H,11-14H2,1H3. The molecule has 0 N–H and O–H groups in total. The zero-order valence-electron chi connectivity index (χ0n) is 14.6. The van der Waals surface area contributed by atoms with E-state index in [1.165, 1.54) is 5.06 Å². The van der Waals surface area contributed by atoms with Gasteiger partial charge in [0.1, 0.15) is 11.4 Å². The molecule has 0 atom stereocenters. The maximum absolute atomic E-state index is 12.6. The average molecular weight is 352 g/mol. The fourth-order valence-electron chi connectivity index (χ4n) is 3.43. The van der Waals surface area contributed by atoms with Gasteiger partial charge < -0.3 is 9.64 Å². The van der Waals surface area contributed by atoms with Crippen molar-refractivity contribution in [3.05, 3.63) is 65.7 Å². The Morgan fingerprint density at radius 1 is 1.12 bits per heavy atom. The molecule has 2 heterocycles. The molecule has 1 spiro atoms. The Labute approximate surface area is 151 Å². The number of methoxy groups -OCH3 is 1. The van der Waals surface area contributed by atoms with E-state index in [2.05, 4.69) is 0 Å². The van der Waals surface area contributed by atoms with Gasteiger partial charge in [0, 0.05) is 5.56 Å². The average Bonchev–Trinajstić information content (AvgIpc) is 2.97. The van der Waals surface area contributed by atoms with E-state index in [1.54, 1.807) is 36.3 Å². The number of carbonyl (C=O) groups is 2. The SMILES string of the molecule is COc1ccc(C(=O)N2CC3(CC(=O)N(Cc4ccccc4)O3)C2)cc1. The zero-order valence-corrected chi connectivity index (χ0v) is 14.6. The summed E-state index contributed by atoms with van der Waals surface area (Å²) < 4.78 is 5.11. The summed E-state index contributed by atoms with van der Waals surface area (Å²) in [7, 11) is 1.59. The molecule has 2 aromatic carbocycles. The third-order valence-corrected chi connectivity index (χ3v) is 4.81. The Morgan fingerprint density at radius 2 is 1.81 bits per heavy atom. The Hall–Kier alpha value is -2.86. The van der Waals surface area contributed by atoms with Crippen LogP contribution in [0.1, 0.15) is 22.3 Å². The van der Waals surface area contributed by atoms with E-state index in [9.17, 15) is 9.59 Å². The second kappa shape index (κ2) is 6.46. The lowest BCUT2D eigenvalue weighted by atomic mass is 9.90. The largest absolute Gasteiger partial charge is 0.497 e. The third kappa shape index (κ3) is 3.04. The minimum Gasteiger partial charge on any atom is -0.497 e. The number of hydrogen-bond donors (Lipinski definition) is 0. The second-order valence-electron chi connectivity index (χ2n) is 6.76. The van der Waals surface area contributed by atoms with Gasteiger partial charge in [-0.15, -0.1) is 0 Å². The fraction of sp³-hybridized carbons (Fsp3) is 0.300. The van der Waals surface area contributed by atoms with Crippen LogP contribution in [0.25, 0.3) is 0 Å². The summed E-state index contributed by atoms with van der Waals surface area (Å²) in [6, 6.07) is 16.7. The molecule has 2 aliphatic heterocycles. The van der Waals surface area contributed by atoms with Gasteiger partial charge in [0.05, 0.1) is 33.2 Å². The van der Waals surface area contributed by atoms with E-state index in [1.807, 2.05) is 30.3 Å². The van der Waals surface area contributed by atoms with Crippen LogP contribution in [0.15, 0.2) is 54.6 Å². The topological polar surface area (TPSA) is 59.1 Å². The Morgan fingerprint density at radius 3 is 2.46 bits per heavy atom. The number of rotatable bonds is 4. The first-order valence-electron chi connectivity index (χ1n) is 8.55. The number of carbonyl (C=O) groups excluding carboxylic acids is 2. The van der Waals surface area contributed by atoms with Crippen molar-refractivity contribution in [1.29, 1.82) is 0 Å². The highest BCUT2D eigenvalue weighted by Crippen LogP contribution is 2.37. The molecule has 6 heteroatoms. The molecule has 26 heavy (non-hydrogen) atoms. The highest BCUT2D eigenvalue weighted by molar-refractivity contribution is 5.95. The fourth-order valence-corrected chi connectivity index (χ4v) is 3.43. The molecule has 0 saturated carbocycles. The van der Waals surface area contributed by atoms with Crippen LogP contribution in [0.4, 0.5) is 0 Å². The Bertz CT molecular complexity index is 813. The number of amides is 2. The van der Waals surface area contributed by atoms with Crippen molar-refractivity contribution < 1.29 is 19.2 Å². The summed E-state index contributed by atoms with van der Waals surface area (Å²) >= 11 is 0. The summed E-state index contributed by atoms with van der Waals surface area (Å²) in [4.78, 5) is 32.5. The van der Waals surface area contributed by atoms with Crippen LogP contribution in [0.5, 0.6) is 5.75 Å². The summed E-state index contributed by atoms with van der Waals surface area (Å²) in [6.45, 7) is 1.28. The van der Waals surface area contributed by atoms with Crippen LogP contribution >= 0.6 is 0 Å². The minimum atomic E-state index is -0.575. The first-order chi connectivity index (χ1) is 12.6. The first kappa shape index (κ1) is 16.6. The van der Waals surface area contributed by atoms with E-state index in [4.69, 9.17) is 9.57 Å². The summed E-state index contributed by atoms with van der Waals surface area (Å²) in [5.41, 5.74) is 1.04. The van der Waals surface area contributed by atoms with E-state index in [0.29, 0.717) is 37.4 Å². The molecular weight excluding hydrogens is 332 g/mol. The zero-order chi connectivity index (χ0) is 18.1. The monoisotopic (exact) mass is 352 g/mol. The summed E-state index contributed by atoms with van der Waals surface area (Å²) in [6.07, 6.45) is 0.312. The van der Waals surface area contributed by atoms with E-state index < -0.39 is 5.60 Å². The maximum Gasteiger partial charge on any atom is 0.254 e. The molecule has 2 amide bonds. The molecule has 0 radical (unpaired) electrons. The van der Waals surface area contributed by atoms with Gasteiger partial charge in [-0.1, -0.05) is 30.3 Å². The smallest absolute Gasteiger partial charge is 0.254 e. The molecule has 2 saturated heterocycles. The van der Waals surface area contributed by atoms with E-state index in [-0.39, 0.29) is 11.8 Å². The maximum atomic E-state index is 12.6. The lowest BCUT2D eigenvalue weighted by molar-refractivity contribution is -0.233. The summed E-state index contributed by atoms with van der Waals surface area (Å²) in [5.74, 6) is 0.615. The van der Waals surface area contributed by atoms with Crippen molar-refractivity contribution >= 4 is 11.8 Å². The normalized spacial score (nSPS) is 18.1. The van der Waals surface area contributed by atoms with Gasteiger partial charge >= 0.3 is 0 Å². The van der Waals surface area contributed by atoms with Crippen LogP contribution in [0.2, 0.25) is 0 Å². The van der Waals surface area contributed by atoms with Crippen molar-refractivity contribution in [2.24, 2.45) is 0 Å². The van der Waals surface area contributed by atoms with Crippen molar-refractivity contribution in [1.82, 2.24) is 9.96 Å². The van der Waals surface area contributed by atoms with Gasteiger partial charge in [-0.25, -0.2) is 5.06 Å². The van der Waals surface area contributed by atoms with Gasteiger partial charge in [0.25, 0.3) is 5.91 Å². The molecule has 2 aromatic rings. The Kier molecular flexibility index (Phi) is 4.12. The van der Waals surface area contributed by atoms with E-state index >= 15 is 0 Å². The van der Waals surface area contributed by atoms with Gasteiger partial charge in [-0.3, -0.25) is 14.4 Å². The molecule has 4 rings (SSSR count). The van der Waals surface area contributed by atoms with Crippen LogP contribution in [0.3, 0.4) is 0 Å². The molecular formula is C20H20N2O4.